The molecule has 0 aliphatic carbocycles. The number of rotatable bonds is 11. The van der Waals surface area contributed by atoms with E-state index < -0.39 is 40.2 Å². The first-order chi connectivity index (χ1) is 20.1. The van der Waals surface area contributed by atoms with Crippen molar-refractivity contribution in [3.05, 3.63) is 131 Å². The van der Waals surface area contributed by atoms with Crippen molar-refractivity contribution in [3.63, 3.8) is 0 Å². The summed E-state index contributed by atoms with van der Waals surface area (Å²) in [7, 11) is -2.81. The lowest BCUT2D eigenvalue weighted by Crippen LogP contribution is -2.53. The summed E-state index contributed by atoms with van der Waals surface area (Å²) in [5, 5.41) is 2.93. The molecule has 0 unspecified atom stereocenters. The minimum Gasteiger partial charge on any atom is -0.357 e. The van der Waals surface area contributed by atoms with Crippen LogP contribution in [0.2, 0.25) is 5.02 Å². The van der Waals surface area contributed by atoms with Crippen molar-refractivity contribution in [1.29, 1.82) is 0 Å². The number of likely N-dealkylation sites (N-methyl/N-ethyl adjacent to an activating group) is 1. The lowest BCUT2D eigenvalue weighted by Gasteiger charge is -2.34. The van der Waals surface area contributed by atoms with E-state index in [2.05, 4.69) is 5.32 Å². The van der Waals surface area contributed by atoms with Crippen LogP contribution in [0.5, 0.6) is 0 Å². The Morgan fingerprint density at radius 1 is 0.881 bits per heavy atom. The summed E-state index contributed by atoms with van der Waals surface area (Å²) < 4.78 is 43.8. The third-order valence-corrected chi connectivity index (χ3v) is 9.12. The first-order valence-corrected chi connectivity index (χ1v) is 15.1. The molecule has 4 aromatic rings. The SMILES string of the molecule is CNC(=O)[C@H](Cc1ccccc1)N(Cc1ccccc1F)C(=O)CN(c1cccc(Cl)c1C)S(=O)(=O)c1ccccc1. The molecule has 0 heterocycles. The fraction of sp³-hybridized carbons (Fsp3) is 0.188. The second kappa shape index (κ2) is 13.6. The quantitative estimate of drug-likeness (QED) is 0.248. The average molecular weight is 608 g/mol. The molecular formula is C32H31ClFN3O4S. The van der Waals surface area contributed by atoms with E-state index in [-0.39, 0.29) is 29.1 Å². The maximum Gasteiger partial charge on any atom is 0.264 e. The van der Waals surface area contributed by atoms with Crippen LogP contribution in [-0.2, 0) is 32.6 Å². The molecule has 7 nitrogen and oxygen atoms in total. The van der Waals surface area contributed by atoms with Gasteiger partial charge in [0.15, 0.2) is 0 Å². The number of carbonyl (C=O) groups excluding carboxylic acids is 2. The Morgan fingerprint density at radius 3 is 2.14 bits per heavy atom. The van der Waals surface area contributed by atoms with E-state index in [4.69, 9.17) is 11.6 Å². The summed E-state index contributed by atoms with van der Waals surface area (Å²) in [4.78, 5) is 28.7. The Kier molecular flexibility index (Phi) is 9.98. The third kappa shape index (κ3) is 6.98. The lowest BCUT2D eigenvalue weighted by molar-refractivity contribution is -0.139. The van der Waals surface area contributed by atoms with E-state index in [0.29, 0.717) is 10.6 Å². The number of halogens is 2. The highest BCUT2D eigenvalue weighted by Crippen LogP contribution is 2.31. The molecule has 4 rings (SSSR count). The van der Waals surface area contributed by atoms with Gasteiger partial charge < -0.3 is 10.2 Å². The van der Waals surface area contributed by atoms with Crippen LogP contribution in [0.1, 0.15) is 16.7 Å². The highest BCUT2D eigenvalue weighted by atomic mass is 35.5. The Morgan fingerprint density at radius 2 is 1.50 bits per heavy atom. The summed E-state index contributed by atoms with van der Waals surface area (Å²) in [5.41, 5.74) is 1.63. The minimum atomic E-state index is -4.26. The molecule has 10 heteroatoms. The molecule has 218 valence electrons. The van der Waals surface area contributed by atoms with Crippen molar-refractivity contribution in [2.75, 3.05) is 17.9 Å². The van der Waals surface area contributed by atoms with Crippen molar-refractivity contribution in [2.24, 2.45) is 0 Å². The van der Waals surface area contributed by atoms with E-state index in [9.17, 15) is 22.4 Å². The van der Waals surface area contributed by atoms with Crippen molar-refractivity contribution in [2.45, 2.75) is 30.8 Å². The first-order valence-electron chi connectivity index (χ1n) is 13.2. The van der Waals surface area contributed by atoms with Crippen LogP contribution in [0.4, 0.5) is 10.1 Å². The lowest BCUT2D eigenvalue weighted by atomic mass is 10.0. The number of sulfonamides is 1. The summed E-state index contributed by atoms with van der Waals surface area (Å²) in [5.74, 6) is -1.72. The van der Waals surface area contributed by atoms with Crippen LogP contribution >= 0.6 is 11.6 Å². The molecular weight excluding hydrogens is 577 g/mol. The molecule has 0 aliphatic rings. The van der Waals surface area contributed by atoms with E-state index in [0.717, 1.165) is 9.87 Å². The van der Waals surface area contributed by atoms with Gasteiger partial charge in [0.05, 0.1) is 10.6 Å². The summed E-state index contributed by atoms with van der Waals surface area (Å²) in [6.07, 6.45) is 0.127. The molecule has 0 radical (unpaired) electrons. The molecule has 4 aromatic carbocycles. The third-order valence-electron chi connectivity index (χ3n) is 6.93. The number of nitrogens with zero attached hydrogens (tertiary/aromatic N) is 2. The fourth-order valence-corrected chi connectivity index (χ4v) is 6.29. The second-order valence-electron chi connectivity index (χ2n) is 9.64. The number of benzene rings is 4. The molecule has 42 heavy (non-hydrogen) atoms. The summed E-state index contributed by atoms with van der Waals surface area (Å²) in [6.45, 7) is 0.745. The summed E-state index contributed by atoms with van der Waals surface area (Å²) >= 11 is 6.37. The molecule has 1 N–H and O–H groups in total. The Bertz CT molecular complexity index is 1650. The van der Waals surface area contributed by atoms with Gasteiger partial charge in [0.1, 0.15) is 18.4 Å². The maximum absolute atomic E-state index is 14.9. The van der Waals surface area contributed by atoms with Gasteiger partial charge in [-0.25, -0.2) is 12.8 Å². The van der Waals surface area contributed by atoms with Gasteiger partial charge in [0, 0.05) is 30.6 Å². The highest BCUT2D eigenvalue weighted by Gasteiger charge is 2.35. The van der Waals surface area contributed by atoms with Crippen LogP contribution in [-0.4, -0.2) is 44.8 Å². The van der Waals surface area contributed by atoms with Crippen LogP contribution in [0.15, 0.2) is 108 Å². The molecule has 0 aromatic heterocycles. The largest absolute Gasteiger partial charge is 0.357 e. The van der Waals surface area contributed by atoms with Crippen LogP contribution in [0.3, 0.4) is 0 Å². The highest BCUT2D eigenvalue weighted by molar-refractivity contribution is 7.92. The van der Waals surface area contributed by atoms with Gasteiger partial charge in [-0.2, -0.15) is 0 Å². The van der Waals surface area contributed by atoms with Gasteiger partial charge >= 0.3 is 0 Å². The topological polar surface area (TPSA) is 86.8 Å². The maximum atomic E-state index is 14.9. The Hall–Kier alpha value is -4.21. The minimum absolute atomic E-state index is 0.0232. The first kappa shape index (κ1) is 30.7. The van der Waals surface area contributed by atoms with Gasteiger partial charge in [-0.1, -0.05) is 84.4 Å². The van der Waals surface area contributed by atoms with Gasteiger partial charge in [-0.3, -0.25) is 13.9 Å². The number of amides is 2. The second-order valence-corrected chi connectivity index (χ2v) is 11.9. The number of anilines is 1. The Labute approximate surface area is 250 Å². The summed E-state index contributed by atoms with van der Waals surface area (Å²) in [6, 6.07) is 26.5. The van der Waals surface area contributed by atoms with E-state index in [1.54, 1.807) is 49.4 Å². The predicted octanol–water partition coefficient (Wildman–Crippen LogP) is 5.37. The van der Waals surface area contributed by atoms with Crippen LogP contribution in [0, 0.1) is 12.7 Å². The molecule has 0 saturated heterocycles. The molecule has 0 aliphatic heterocycles. The smallest absolute Gasteiger partial charge is 0.264 e. The number of carbonyl (C=O) groups is 2. The van der Waals surface area contributed by atoms with Gasteiger partial charge in [0.25, 0.3) is 10.0 Å². The normalized spacial score (nSPS) is 11.9. The standard InChI is InChI=1S/C32H31ClFN3O4S/c1-23-27(33)17-11-19-29(23)37(42(40,41)26-15-7-4-8-16-26)22-31(38)36(21-25-14-9-10-18-28(25)34)30(32(39)35-2)20-24-12-5-3-6-13-24/h3-19,30H,20-22H2,1-2H3,(H,35,39)/t30-/m0/s1. The average Bonchev–Trinajstić information content (AvgIpc) is 3.00. The van der Waals surface area contributed by atoms with Gasteiger partial charge in [-0.15, -0.1) is 0 Å². The molecule has 1 atom stereocenters. The zero-order valence-electron chi connectivity index (χ0n) is 23.2. The zero-order chi connectivity index (χ0) is 30.3. The van der Waals surface area contributed by atoms with Crippen molar-refractivity contribution < 1.29 is 22.4 Å². The monoisotopic (exact) mass is 607 g/mol. The van der Waals surface area contributed by atoms with Crippen molar-refractivity contribution in [1.82, 2.24) is 10.2 Å². The predicted molar refractivity (Wildman–Crippen MR) is 162 cm³/mol. The van der Waals surface area contributed by atoms with Gasteiger partial charge in [0.2, 0.25) is 11.8 Å². The molecule has 0 spiro atoms. The van der Waals surface area contributed by atoms with Crippen molar-refractivity contribution in [3.8, 4) is 0 Å². The number of hydrogen-bond acceptors (Lipinski definition) is 4. The molecule has 0 fully saturated rings. The molecule has 0 bridgehead atoms. The van der Waals surface area contributed by atoms with E-state index in [1.807, 2.05) is 30.3 Å². The van der Waals surface area contributed by atoms with Crippen LogP contribution in [0.25, 0.3) is 0 Å². The fourth-order valence-electron chi connectivity index (χ4n) is 4.63. The van der Waals surface area contributed by atoms with Gasteiger partial charge in [-0.05, 0) is 48.4 Å². The van der Waals surface area contributed by atoms with Crippen LogP contribution < -0.4 is 9.62 Å². The number of nitrogens with one attached hydrogen (secondary N) is 1. The van der Waals surface area contributed by atoms with E-state index >= 15 is 0 Å². The number of hydrogen-bond donors (Lipinski definition) is 1. The van der Waals surface area contributed by atoms with E-state index in [1.165, 1.54) is 42.3 Å². The zero-order valence-corrected chi connectivity index (χ0v) is 24.8. The molecule has 0 saturated carbocycles. The molecule has 2 amide bonds. The van der Waals surface area contributed by atoms with Crippen molar-refractivity contribution >= 4 is 39.1 Å². The Balaban J connectivity index is 1.82.